The predicted molar refractivity (Wildman–Crippen MR) is 52.0 cm³/mol. The number of carbonyl (C=O) groups is 2. The summed E-state index contributed by atoms with van der Waals surface area (Å²) in [6.45, 7) is 0. The summed E-state index contributed by atoms with van der Waals surface area (Å²) in [7, 11) is 0. The molecule has 0 spiro atoms. The minimum atomic E-state index is -0.228. The van der Waals surface area contributed by atoms with Gasteiger partial charge in [0.25, 0.3) is 0 Å². The number of rotatable bonds is 0. The van der Waals surface area contributed by atoms with Gasteiger partial charge in [-0.05, 0) is 12.2 Å². The van der Waals surface area contributed by atoms with Crippen LogP contribution in [0, 0.1) is 23.7 Å². The van der Waals surface area contributed by atoms with Crippen LogP contribution in [0.1, 0.15) is 0 Å². The van der Waals surface area contributed by atoms with Crippen LogP contribution in [-0.2, 0) is 19.1 Å². The van der Waals surface area contributed by atoms with Gasteiger partial charge in [0.15, 0.2) is 0 Å². The molecule has 0 aromatic heterocycles. The van der Waals surface area contributed by atoms with Crippen molar-refractivity contribution in [3.05, 3.63) is 24.3 Å². The second-order valence-electron chi connectivity index (χ2n) is 4.78. The molecule has 6 atom stereocenters. The van der Waals surface area contributed by atoms with Gasteiger partial charge in [-0.25, -0.2) is 0 Å². The predicted octanol–water partition coefficient (Wildman–Crippen LogP) is 0.442. The van der Waals surface area contributed by atoms with Crippen molar-refractivity contribution in [1.82, 2.24) is 0 Å². The van der Waals surface area contributed by atoms with Gasteiger partial charge < -0.3 is 9.47 Å². The van der Waals surface area contributed by atoms with Gasteiger partial charge in [-0.3, -0.25) is 9.59 Å². The standard InChI is InChI=1S/C12H10O4/c13-11-5-1-3-7-9(5)10-6(12(14)15-7)2-4-8(10)16-11/h1-10H/t5?,6?,7?,8?,9-,10-/m0/s1. The van der Waals surface area contributed by atoms with Crippen LogP contribution in [-0.4, -0.2) is 24.1 Å². The largest absolute Gasteiger partial charge is 0.457 e. The van der Waals surface area contributed by atoms with Crippen LogP contribution in [0.15, 0.2) is 24.3 Å². The van der Waals surface area contributed by atoms with Crippen molar-refractivity contribution in [3.8, 4) is 0 Å². The molecule has 82 valence electrons. The Morgan fingerprint density at radius 2 is 1.19 bits per heavy atom. The molecule has 4 unspecified atom stereocenters. The second kappa shape index (κ2) is 2.56. The molecule has 0 bridgehead atoms. The maximum absolute atomic E-state index is 11.7. The number of hydrogen-bond acceptors (Lipinski definition) is 4. The smallest absolute Gasteiger partial charge is 0.313 e. The Labute approximate surface area is 91.9 Å². The summed E-state index contributed by atoms with van der Waals surface area (Å²) in [6.07, 6.45) is 6.84. The van der Waals surface area contributed by atoms with Gasteiger partial charge in [-0.15, -0.1) is 0 Å². The highest BCUT2D eigenvalue weighted by Gasteiger charge is 2.59. The summed E-state index contributed by atoms with van der Waals surface area (Å²) in [5.41, 5.74) is 0. The van der Waals surface area contributed by atoms with E-state index in [0.29, 0.717) is 0 Å². The SMILES string of the molecule is O=C1OC2C=CC3C(=O)OC4C=CC1[C@@H]4[C@H]23. The minimum Gasteiger partial charge on any atom is -0.457 e. The average Bonchev–Trinajstić information content (AvgIpc) is 2.81. The van der Waals surface area contributed by atoms with Crippen LogP contribution in [0.25, 0.3) is 0 Å². The first kappa shape index (κ1) is 8.56. The number of carbonyl (C=O) groups excluding carboxylic acids is 2. The molecule has 0 radical (unpaired) electrons. The summed E-state index contributed by atoms with van der Waals surface area (Å²) >= 11 is 0. The molecule has 4 rings (SSSR count). The summed E-state index contributed by atoms with van der Waals surface area (Å²) < 4.78 is 10.7. The zero-order valence-corrected chi connectivity index (χ0v) is 8.41. The van der Waals surface area contributed by atoms with E-state index in [-0.39, 0.29) is 47.8 Å². The van der Waals surface area contributed by atoms with Gasteiger partial charge in [-0.1, -0.05) is 12.2 Å². The molecule has 4 heteroatoms. The lowest BCUT2D eigenvalue weighted by atomic mass is 9.71. The molecule has 16 heavy (non-hydrogen) atoms. The molecule has 4 nitrogen and oxygen atoms in total. The lowest BCUT2D eigenvalue weighted by Crippen LogP contribution is -2.52. The van der Waals surface area contributed by atoms with Crippen molar-refractivity contribution in [2.24, 2.45) is 23.7 Å². The molecular weight excluding hydrogens is 208 g/mol. The van der Waals surface area contributed by atoms with Gasteiger partial charge in [-0.2, -0.15) is 0 Å². The van der Waals surface area contributed by atoms with Crippen molar-refractivity contribution in [1.29, 1.82) is 0 Å². The Balaban J connectivity index is 1.83. The molecule has 0 saturated carbocycles. The van der Waals surface area contributed by atoms with Crippen LogP contribution < -0.4 is 0 Å². The van der Waals surface area contributed by atoms with Crippen LogP contribution >= 0.6 is 0 Å². The van der Waals surface area contributed by atoms with Crippen molar-refractivity contribution in [2.75, 3.05) is 0 Å². The number of hydrogen-bond donors (Lipinski definition) is 0. The summed E-state index contributed by atoms with van der Waals surface area (Å²) in [5, 5.41) is 0. The van der Waals surface area contributed by atoms with Gasteiger partial charge in [0, 0.05) is 11.8 Å². The summed E-state index contributed by atoms with van der Waals surface area (Å²) in [4.78, 5) is 23.5. The van der Waals surface area contributed by atoms with Crippen molar-refractivity contribution >= 4 is 11.9 Å². The van der Waals surface area contributed by atoms with Crippen molar-refractivity contribution in [2.45, 2.75) is 12.2 Å². The number of esters is 2. The zero-order chi connectivity index (χ0) is 10.9. The van der Waals surface area contributed by atoms with Crippen LogP contribution in [0.4, 0.5) is 0 Å². The molecule has 2 aliphatic heterocycles. The minimum absolute atomic E-state index is 0.0870. The quantitative estimate of drug-likeness (QED) is 0.437. The topological polar surface area (TPSA) is 52.6 Å². The lowest BCUT2D eigenvalue weighted by molar-refractivity contribution is -0.188. The van der Waals surface area contributed by atoms with E-state index < -0.39 is 0 Å². The zero-order valence-electron chi connectivity index (χ0n) is 8.41. The fraction of sp³-hybridized carbons (Fsp3) is 0.500. The number of ether oxygens (including phenoxy) is 2. The Morgan fingerprint density at radius 1 is 0.750 bits per heavy atom. The molecule has 4 aliphatic rings. The molecule has 0 N–H and O–H groups in total. The Kier molecular flexibility index (Phi) is 1.37. The highest BCUT2D eigenvalue weighted by molar-refractivity contribution is 5.82. The second-order valence-corrected chi connectivity index (χ2v) is 4.78. The molecule has 0 amide bonds. The van der Waals surface area contributed by atoms with E-state index in [1.807, 2.05) is 24.3 Å². The molecule has 2 saturated heterocycles. The highest BCUT2D eigenvalue weighted by atomic mass is 16.6. The summed E-state index contributed by atoms with van der Waals surface area (Å²) in [6, 6.07) is 0. The normalized spacial score (nSPS) is 51.2. The van der Waals surface area contributed by atoms with Gasteiger partial charge >= 0.3 is 11.9 Å². The molecule has 0 aromatic carbocycles. The maximum Gasteiger partial charge on any atom is 0.313 e. The van der Waals surface area contributed by atoms with Gasteiger partial charge in [0.1, 0.15) is 12.2 Å². The van der Waals surface area contributed by atoms with E-state index in [9.17, 15) is 9.59 Å². The van der Waals surface area contributed by atoms with Gasteiger partial charge in [0.05, 0.1) is 11.8 Å². The van der Waals surface area contributed by atoms with Crippen LogP contribution in [0.3, 0.4) is 0 Å². The summed E-state index contributed by atoms with van der Waals surface area (Å²) in [5.74, 6) is -0.641. The third-order valence-corrected chi connectivity index (χ3v) is 4.10. The molecule has 2 heterocycles. The third-order valence-electron chi connectivity index (χ3n) is 4.10. The van der Waals surface area contributed by atoms with Crippen molar-refractivity contribution in [3.63, 3.8) is 0 Å². The fourth-order valence-electron chi connectivity index (χ4n) is 3.43. The van der Waals surface area contributed by atoms with Crippen LogP contribution in [0.2, 0.25) is 0 Å². The van der Waals surface area contributed by atoms with E-state index in [2.05, 4.69) is 0 Å². The first-order valence-corrected chi connectivity index (χ1v) is 5.53. The lowest BCUT2D eigenvalue weighted by Gasteiger charge is -2.42. The molecule has 0 aromatic rings. The van der Waals surface area contributed by atoms with Gasteiger partial charge in [0.2, 0.25) is 0 Å². The van der Waals surface area contributed by atoms with E-state index in [0.717, 1.165) is 0 Å². The Morgan fingerprint density at radius 3 is 1.62 bits per heavy atom. The Bertz CT molecular complexity index is 408. The Hall–Kier alpha value is -1.58. The first-order chi connectivity index (χ1) is 7.75. The highest BCUT2D eigenvalue weighted by Crippen LogP contribution is 2.50. The van der Waals surface area contributed by atoms with E-state index >= 15 is 0 Å². The maximum atomic E-state index is 11.7. The van der Waals surface area contributed by atoms with E-state index in [1.165, 1.54) is 0 Å². The molecular formula is C12H10O4. The molecule has 2 fully saturated rings. The first-order valence-electron chi connectivity index (χ1n) is 5.53. The average molecular weight is 218 g/mol. The van der Waals surface area contributed by atoms with Crippen LogP contribution in [0.5, 0.6) is 0 Å². The molecule has 2 aliphatic carbocycles. The third kappa shape index (κ3) is 0.821. The monoisotopic (exact) mass is 218 g/mol. The fourth-order valence-corrected chi connectivity index (χ4v) is 3.43. The van der Waals surface area contributed by atoms with E-state index in [1.54, 1.807) is 0 Å². The van der Waals surface area contributed by atoms with E-state index in [4.69, 9.17) is 9.47 Å². The van der Waals surface area contributed by atoms with Crippen molar-refractivity contribution < 1.29 is 19.1 Å².